The third-order valence-corrected chi connectivity index (χ3v) is 7.24. The molecule has 41 heavy (non-hydrogen) atoms. The Balaban J connectivity index is 1.59. The Morgan fingerprint density at radius 3 is 2.15 bits per heavy atom. The predicted octanol–water partition coefficient (Wildman–Crippen LogP) is 5.43. The van der Waals surface area contributed by atoms with Crippen molar-refractivity contribution in [2.45, 2.75) is 63.5 Å². The molecule has 216 valence electrons. The van der Waals surface area contributed by atoms with Gasteiger partial charge in [0.15, 0.2) is 0 Å². The van der Waals surface area contributed by atoms with Gasteiger partial charge in [0.25, 0.3) is 0 Å². The van der Waals surface area contributed by atoms with Crippen molar-refractivity contribution in [3.8, 4) is 11.5 Å². The lowest BCUT2D eigenvalue weighted by atomic mass is 9.94. The van der Waals surface area contributed by atoms with Crippen LogP contribution >= 0.6 is 0 Å². The second-order valence-electron chi connectivity index (χ2n) is 10.1. The summed E-state index contributed by atoms with van der Waals surface area (Å²) in [5, 5.41) is 5.96. The van der Waals surface area contributed by atoms with Crippen molar-refractivity contribution in [3.63, 3.8) is 0 Å². The normalized spacial score (nSPS) is 14.0. The van der Waals surface area contributed by atoms with Crippen molar-refractivity contribution < 1.29 is 23.9 Å². The van der Waals surface area contributed by atoms with Crippen LogP contribution in [0.2, 0.25) is 0 Å². The number of aromatic nitrogens is 1. The Bertz CT molecular complexity index is 1280. The second-order valence-corrected chi connectivity index (χ2v) is 10.1. The fraction of sp³-hybridized carbons (Fsp3) is 0.375. The molecule has 1 atom stereocenters. The summed E-state index contributed by atoms with van der Waals surface area (Å²) in [6.45, 7) is 0. The third kappa shape index (κ3) is 8.30. The molecule has 9 heteroatoms. The van der Waals surface area contributed by atoms with Crippen molar-refractivity contribution in [1.29, 1.82) is 0 Å². The number of hydrogen-bond donors (Lipinski definition) is 2. The molecule has 1 fully saturated rings. The highest BCUT2D eigenvalue weighted by molar-refractivity contribution is 6.01. The zero-order chi connectivity index (χ0) is 29.0. The first-order valence-electron chi connectivity index (χ1n) is 14.1. The number of pyridine rings is 1. The molecular formula is C32H38N4O5. The van der Waals surface area contributed by atoms with Gasteiger partial charge in [-0.25, -0.2) is 4.98 Å². The van der Waals surface area contributed by atoms with Crippen LogP contribution in [0.1, 0.15) is 63.0 Å². The van der Waals surface area contributed by atoms with Crippen LogP contribution in [0.4, 0.5) is 11.5 Å². The highest BCUT2D eigenvalue weighted by Crippen LogP contribution is 2.32. The largest absolute Gasteiger partial charge is 0.497 e. The first-order valence-corrected chi connectivity index (χ1v) is 14.1. The van der Waals surface area contributed by atoms with E-state index in [2.05, 4.69) is 15.6 Å². The van der Waals surface area contributed by atoms with Gasteiger partial charge in [-0.1, -0.05) is 37.5 Å². The molecule has 1 aliphatic carbocycles. The molecule has 2 N–H and O–H groups in total. The first kappa shape index (κ1) is 29.6. The zero-order valence-electron chi connectivity index (χ0n) is 23.7. The molecule has 1 saturated carbocycles. The Labute approximate surface area is 241 Å². The number of amides is 3. The maximum Gasteiger partial charge on any atom is 0.248 e. The third-order valence-electron chi connectivity index (χ3n) is 7.24. The van der Waals surface area contributed by atoms with Crippen LogP contribution < -0.4 is 25.0 Å². The summed E-state index contributed by atoms with van der Waals surface area (Å²) < 4.78 is 10.7. The molecule has 0 unspecified atom stereocenters. The van der Waals surface area contributed by atoms with Crippen LogP contribution in [-0.4, -0.2) is 43.0 Å². The van der Waals surface area contributed by atoms with E-state index < -0.39 is 6.04 Å². The molecule has 1 aliphatic rings. The standard InChI is InChI=1S/C32H38N4O5/c1-40-26-18-14-23(15-19-26)31(32(39)34-24-9-4-3-5-10-24)36(25-16-20-27(41-2)21-17-25)30(38)13-8-12-29(37)35-28-11-6-7-22-33-28/h6-7,11,14-22,24,31H,3-5,8-10,12-13H2,1-2H3,(H,34,39)(H,33,35,37)/t31-/m1/s1. The lowest BCUT2D eigenvalue weighted by molar-refractivity contribution is -0.127. The van der Waals surface area contributed by atoms with Gasteiger partial charge in [0.2, 0.25) is 17.7 Å². The van der Waals surface area contributed by atoms with Crippen LogP contribution in [0.3, 0.4) is 0 Å². The molecular weight excluding hydrogens is 520 g/mol. The number of carbonyl (C=O) groups excluding carboxylic acids is 3. The number of methoxy groups -OCH3 is 2. The van der Waals surface area contributed by atoms with Crippen LogP contribution in [-0.2, 0) is 14.4 Å². The van der Waals surface area contributed by atoms with E-state index in [0.717, 1.165) is 25.7 Å². The summed E-state index contributed by atoms with van der Waals surface area (Å²) in [5.74, 6) is 1.03. The van der Waals surface area contributed by atoms with Gasteiger partial charge in [-0.05, 0) is 73.4 Å². The van der Waals surface area contributed by atoms with Gasteiger partial charge in [-0.2, -0.15) is 0 Å². The molecule has 0 aliphatic heterocycles. The van der Waals surface area contributed by atoms with Gasteiger partial charge >= 0.3 is 0 Å². The van der Waals surface area contributed by atoms with Crippen molar-refractivity contribution in [2.75, 3.05) is 24.4 Å². The number of hydrogen-bond acceptors (Lipinski definition) is 6. The monoisotopic (exact) mass is 558 g/mol. The highest BCUT2D eigenvalue weighted by atomic mass is 16.5. The quantitative estimate of drug-likeness (QED) is 0.307. The van der Waals surface area contributed by atoms with E-state index in [9.17, 15) is 14.4 Å². The Hall–Kier alpha value is -4.40. The van der Waals surface area contributed by atoms with Crippen molar-refractivity contribution in [2.24, 2.45) is 0 Å². The molecule has 0 radical (unpaired) electrons. The predicted molar refractivity (Wildman–Crippen MR) is 158 cm³/mol. The molecule has 0 saturated heterocycles. The smallest absolute Gasteiger partial charge is 0.248 e. The van der Waals surface area contributed by atoms with E-state index in [1.54, 1.807) is 75.0 Å². The number of anilines is 2. The van der Waals surface area contributed by atoms with Crippen molar-refractivity contribution in [1.82, 2.24) is 10.3 Å². The highest BCUT2D eigenvalue weighted by Gasteiger charge is 2.34. The van der Waals surface area contributed by atoms with E-state index >= 15 is 0 Å². The summed E-state index contributed by atoms with van der Waals surface area (Å²) >= 11 is 0. The summed E-state index contributed by atoms with van der Waals surface area (Å²) in [5.41, 5.74) is 1.23. The van der Waals surface area contributed by atoms with Crippen LogP contribution in [0.15, 0.2) is 72.9 Å². The fourth-order valence-corrected chi connectivity index (χ4v) is 5.07. The minimum atomic E-state index is -0.911. The molecule has 4 rings (SSSR count). The summed E-state index contributed by atoms with van der Waals surface area (Å²) in [6.07, 6.45) is 7.27. The summed E-state index contributed by atoms with van der Waals surface area (Å²) in [4.78, 5) is 46.0. The molecule has 0 bridgehead atoms. The number of carbonyl (C=O) groups is 3. The number of rotatable bonds is 12. The van der Waals surface area contributed by atoms with Gasteiger partial charge in [0.1, 0.15) is 23.4 Å². The molecule has 3 amide bonds. The van der Waals surface area contributed by atoms with E-state index in [0.29, 0.717) is 35.0 Å². The maximum absolute atomic E-state index is 14.0. The van der Waals surface area contributed by atoms with E-state index in [-0.39, 0.29) is 36.6 Å². The minimum Gasteiger partial charge on any atom is -0.497 e. The topological polar surface area (TPSA) is 110 Å². The van der Waals surface area contributed by atoms with Gasteiger partial charge in [-0.15, -0.1) is 0 Å². The number of ether oxygens (including phenoxy) is 2. The Morgan fingerprint density at radius 1 is 0.878 bits per heavy atom. The zero-order valence-corrected chi connectivity index (χ0v) is 23.7. The molecule has 1 heterocycles. The van der Waals surface area contributed by atoms with Crippen LogP contribution in [0.25, 0.3) is 0 Å². The average Bonchev–Trinajstić information content (AvgIpc) is 3.01. The molecule has 9 nitrogen and oxygen atoms in total. The lowest BCUT2D eigenvalue weighted by Gasteiger charge is -2.33. The molecule has 2 aromatic carbocycles. The summed E-state index contributed by atoms with van der Waals surface area (Å²) in [6, 6.07) is 18.7. The summed E-state index contributed by atoms with van der Waals surface area (Å²) in [7, 11) is 3.16. The van der Waals surface area contributed by atoms with Crippen molar-refractivity contribution in [3.05, 3.63) is 78.5 Å². The molecule has 0 spiro atoms. The lowest BCUT2D eigenvalue weighted by Crippen LogP contribution is -2.47. The van der Waals surface area contributed by atoms with Gasteiger partial charge < -0.3 is 20.1 Å². The first-order chi connectivity index (χ1) is 20.0. The molecule has 3 aromatic rings. The average molecular weight is 559 g/mol. The van der Waals surface area contributed by atoms with E-state index in [4.69, 9.17) is 9.47 Å². The van der Waals surface area contributed by atoms with Crippen LogP contribution in [0, 0.1) is 0 Å². The maximum atomic E-state index is 14.0. The Kier molecular flexibility index (Phi) is 10.7. The molecule has 1 aromatic heterocycles. The number of benzene rings is 2. The van der Waals surface area contributed by atoms with E-state index in [1.807, 2.05) is 12.1 Å². The van der Waals surface area contributed by atoms with E-state index in [1.165, 1.54) is 11.3 Å². The second kappa shape index (κ2) is 14.8. The minimum absolute atomic E-state index is 0.0695. The number of nitrogens with zero attached hydrogens (tertiary/aromatic N) is 2. The number of nitrogens with one attached hydrogen (secondary N) is 2. The van der Waals surface area contributed by atoms with Gasteiger partial charge in [-0.3, -0.25) is 19.3 Å². The van der Waals surface area contributed by atoms with Crippen molar-refractivity contribution >= 4 is 29.2 Å². The Morgan fingerprint density at radius 2 is 1.54 bits per heavy atom. The van der Waals surface area contributed by atoms with Gasteiger partial charge in [0.05, 0.1) is 14.2 Å². The van der Waals surface area contributed by atoms with Crippen LogP contribution in [0.5, 0.6) is 11.5 Å². The van der Waals surface area contributed by atoms with Gasteiger partial charge in [0, 0.05) is 30.8 Å². The fourth-order valence-electron chi connectivity index (χ4n) is 5.07. The SMILES string of the molecule is COc1ccc([C@H](C(=O)NC2CCCCC2)N(C(=O)CCCC(=O)Nc2ccccn2)c2ccc(OC)cc2)cc1.